The first kappa shape index (κ1) is 24.0. The molecule has 0 radical (unpaired) electrons. The highest BCUT2D eigenvalue weighted by Gasteiger charge is 2.28. The quantitative estimate of drug-likeness (QED) is 0.655. The van der Waals surface area contributed by atoms with E-state index in [1.165, 1.54) is 16.7 Å². The van der Waals surface area contributed by atoms with E-state index in [-0.39, 0.29) is 17.4 Å². The minimum atomic E-state index is -0.544. The fourth-order valence-electron chi connectivity index (χ4n) is 3.09. The van der Waals surface area contributed by atoms with Crippen LogP contribution in [0.5, 0.6) is 0 Å². The molecule has 0 aliphatic carbocycles. The molecular weight excluding hydrogens is 392 g/mol. The summed E-state index contributed by atoms with van der Waals surface area (Å²) in [5, 5.41) is 3.00. The molecule has 0 unspecified atom stereocenters. The first-order valence-electron chi connectivity index (χ1n) is 10.4. The Kier molecular flexibility index (Phi) is 8.54. The molecule has 0 fully saturated rings. The van der Waals surface area contributed by atoms with Gasteiger partial charge < -0.3 is 10.2 Å². The van der Waals surface area contributed by atoms with E-state index < -0.39 is 6.04 Å². The molecule has 2 aromatic rings. The van der Waals surface area contributed by atoms with Crippen LogP contribution in [-0.4, -0.2) is 34.0 Å². The molecule has 0 heterocycles. The molecule has 162 valence electrons. The van der Waals surface area contributed by atoms with Crippen LogP contribution < -0.4 is 5.32 Å². The lowest BCUT2D eigenvalue weighted by Crippen LogP contribution is -2.52. The molecule has 0 aliphatic rings. The van der Waals surface area contributed by atoms with E-state index in [1.807, 2.05) is 58.0 Å². The predicted molar refractivity (Wildman–Crippen MR) is 126 cm³/mol. The highest BCUT2D eigenvalue weighted by atomic mass is 32.2. The first-order chi connectivity index (χ1) is 14.0. The van der Waals surface area contributed by atoms with Gasteiger partial charge in [-0.25, -0.2) is 0 Å². The second-order valence-electron chi connectivity index (χ2n) is 8.90. The van der Waals surface area contributed by atoms with Gasteiger partial charge in [-0.15, -0.1) is 11.8 Å². The van der Waals surface area contributed by atoms with Crippen LogP contribution in [-0.2, 0) is 21.9 Å². The van der Waals surface area contributed by atoms with Crippen molar-refractivity contribution in [3.63, 3.8) is 0 Å². The Morgan fingerprint density at radius 3 is 2.27 bits per heavy atom. The van der Waals surface area contributed by atoms with Crippen LogP contribution in [0.3, 0.4) is 0 Å². The van der Waals surface area contributed by atoms with E-state index in [1.54, 1.807) is 23.6 Å². The van der Waals surface area contributed by atoms with Crippen molar-refractivity contribution < 1.29 is 9.59 Å². The molecule has 1 N–H and O–H groups in total. The molecule has 0 saturated heterocycles. The fraction of sp³-hybridized carbons (Fsp3) is 0.440. The van der Waals surface area contributed by atoms with Gasteiger partial charge >= 0.3 is 0 Å². The second-order valence-corrected chi connectivity index (χ2v) is 9.89. The smallest absolute Gasteiger partial charge is 0.242 e. The zero-order valence-corrected chi connectivity index (χ0v) is 19.8. The molecule has 2 amide bonds. The lowest BCUT2D eigenvalue weighted by atomic mass is 10.1. The minimum Gasteiger partial charge on any atom is -0.350 e. The highest BCUT2D eigenvalue weighted by molar-refractivity contribution is 7.99. The lowest BCUT2D eigenvalue weighted by molar-refractivity contribution is -0.139. The summed E-state index contributed by atoms with van der Waals surface area (Å²) < 4.78 is 0. The van der Waals surface area contributed by atoms with Crippen molar-refractivity contribution in [2.24, 2.45) is 0 Å². The van der Waals surface area contributed by atoms with Gasteiger partial charge in [-0.3, -0.25) is 9.59 Å². The summed E-state index contributed by atoms with van der Waals surface area (Å²) in [6, 6.07) is 15.9. The number of hydrogen-bond donors (Lipinski definition) is 1. The summed E-state index contributed by atoms with van der Waals surface area (Å²) >= 11 is 1.58. The summed E-state index contributed by atoms with van der Waals surface area (Å²) in [7, 11) is 0. The number of nitrogens with zero attached hydrogens (tertiary/aromatic N) is 1. The van der Waals surface area contributed by atoms with Gasteiger partial charge in [0.25, 0.3) is 0 Å². The van der Waals surface area contributed by atoms with Gasteiger partial charge in [-0.1, -0.05) is 59.7 Å². The number of aryl methyl sites for hydroxylation is 2. The second kappa shape index (κ2) is 10.7. The van der Waals surface area contributed by atoms with Crippen molar-refractivity contribution in [1.29, 1.82) is 0 Å². The Morgan fingerprint density at radius 1 is 1.00 bits per heavy atom. The Morgan fingerprint density at radius 2 is 1.67 bits per heavy atom. The molecule has 0 aliphatic heterocycles. The third-order valence-electron chi connectivity index (χ3n) is 4.72. The van der Waals surface area contributed by atoms with E-state index in [0.29, 0.717) is 12.3 Å². The number of hydrogen-bond acceptors (Lipinski definition) is 3. The Hall–Kier alpha value is -2.27. The summed E-state index contributed by atoms with van der Waals surface area (Å²) in [4.78, 5) is 27.6. The van der Waals surface area contributed by atoms with Gasteiger partial charge in [0.1, 0.15) is 6.04 Å². The van der Waals surface area contributed by atoms with Crippen LogP contribution in [0.2, 0.25) is 0 Å². The number of carbonyl (C=O) groups is 2. The van der Waals surface area contributed by atoms with Crippen molar-refractivity contribution in [3.8, 4) is 0 Å². The monoisotopic (exact) mass is 426 g/mol. The summed E-state index contributed by atoms with van der Waals surface area (Å²) in [5.41, 5.74) is 4.27. The van der Waals surface area contributed by atoms with Crippen LogP contribution in [0.25, 0.3) is 0 Å². The van der Waals surface area contributed by atoms with Gasteiger partial charge in [-0.05, 0) is 52.7 Å². The van der Waals surface area contributed by atoms with Gasteiger partial charge in [0, 0.05) is 17.8 Å². The molecule has 4 nitrogen and oxygen atoms in total. The van der Waals surface area contributed by atoms with E-state index in [4.69, 9.17) is 0 Å². The molecule has 1 atom stereocenters. The maximum atomic E-state index is 13.1. The average molecular weight is 427 g/mol. The molecule has 0 bridgehead atoms. The number of benzene rings is 2. The van der Waals surface area contributed by atoms with Crippen molar-refractivity contribution in [3.05, 3.63) is 70.8 Å². The molecule has 30 heavy (non-hydrogen) atoms. The topological polar surface area (TPSA) is 49.4 Å². The predicted octanol–water partition coefficient (Wildman–Crippen LogP) is 4.87. The van der Waals surface area contributed by atoms with E-state index in [9.17, 15) is 9.59 Å². The molecule has 2 aromatic carbocycles. The zero-order chi connectivity index (χ0) is 22.3. The summed E-state index contributed by atoms with van der Waals surface area (Å²) in [6.45, 7) is 12.2. The van der Waals surface area contributed by atoms with Gasteiger partial charge in [0.2, 0.25) is 11.8 Å². The van der Waals surface area contributed by atoms with Crippen LogP contribution in [0.1, 0.15) is 49.9 Å². The standard InChI is InChI=1S/C25H34N2O2S/c1-18-10-12-21(13-11-18)15-27(20(3)24(29)26-25(4,5)6)23(28)17-30-16-22-9-7-8-19(2)14-22/h7-14,20H,15-17H2,1-6H3,(H,26,29)/t20-/m1/s1. The molecule has 0 spiro atoms. The Bertz CT molecular complexity index is 856. The lowest BCUT2D eigenvalue weighted by Gasteiger charge is -2.31. The van der Waals surface area contributed by atoms with Crippen molar-refractivity contribution in [2.45, 2.75) is 65.4 Å². The first-order valence-corrected chi connectivity index (χ1v) is 11.5. The Balaban J connectivity index is 2.09. The van der Waals surface area contributed by atoms with Crippen molar-refractivity contribution in [1.82, 2.24) is 10.2 Å². The number of nitrogens with one attached hydrogen (secondary N) is 1. The summed E-state index contributed by atoms with van der Waals surface area (Å²) in [5.74, 6) is 0.956. The largest absolute Gasteiger partial charge is 0.350 e. The van der Waals surface area contributed by atoms with E-state index in [2.05, 4.69) is 30.4 Å². The van der Waals surface area contributed by atoms with Gasteiger partial charge in [0.05, 0.1) is 5.75 Å². The summed E-state index contributed by atoms with van der Waals surface area (Å²) in [6.07, 6.45) is 0. The van der Waals surface area contributed by atoms with E-state index >= 15 is 0 Å². The number of carbonyl (C=O) groups excluding carboxylic acids is 2. The van der Waals surface area contributed by atoms with Crippen LogP contribution >= 0.6 is 11.8 Å². The van der Waals surface area contributed by atoms with Crippen LogP contribution in [0, 0.1) is 13.8 Å². The molecule has 5 heteroatoms. The highest BCUT2D eigenvalue weighted by Crippen LogP contribution is 2.17. The van der Waals surface area contributed by atoms with Crippen molar-refractivity contribution >= 4 is 23.6 Å². The normalized spacial score (nSPS) is 12.3. The number of amides is 2. The maximum Gasteiger partial charge on any atom is 0.242 e. The molecule has 0 aromatic heterocycles. The van der Waals surface area contributed by atoms with Crippen molar-refractivity contribution in [2.75, 3.05) is 5.75 Å². The number of rotatable bonds is 8. The molecule has 2 rings (SSSR count). The third-order valence-corrected chi connectivity index (χ3v) is 5.70. The SMILES string of the molecule is Cc1ccc(CN(C(=O)CSCc2cccc(C)c2)[C@H](C)C(=O)NC(C)(C)C)cc1. The van der Waals surface area contributed by atoms with Crippen LogP contribution in [0.4, 0.5) is 0 Å². The van der Waals surface area contributed by atoms with E-state index in [0.717, 1.165) is 11.3 Å². The minimum absolute atomic E-state index is 0.0233. The van der Waals surface area contributed by atoms with Crippen LogP contribution in [0.15, 0.2) is 48.5 Å². The average Bonchev–Trinajstić information content (AvgIpc) is 2.65. The molecule has 0 saturated carbocycles. The third kappa shape index (κ3) is 7.86. The molecular formula is C25H34N2O2S. The van der Waals surface area contributed by atoms with Gasteiger partial charge in [0.15, 0.2) is 0 Å². The zero-order valence-electron chi connectivity index (χ0n) is 19.0. The fourth-order valence-corrected chi connectivity index (χ4v) is 3.95. The Labute approximate surface area is 185 Å². The maximum absolute atomic E-state index is 13.1. The number of thioether (sulfide) groups is 1. The van der Waals surface area contributed by atoms with Gasteiger partial charge in [-0.2, -0.15) is 0 Å².